The van der Waals surface area contributed by atoms with E-state index >= 15 is 0 Å². The van der Waals surface area contributed by atoms with Crippen LogP contribution < -0.4 is 0 Å². The van der Waals surface area contributed by atoms with Crippen LogP contribution in [0, 0.1) is 6.92 Å². The minimum Gasteiger partial charge on any atom is -0.286 e. The predicted molar refractivity (Wildman–Crippen MR) is 49.3 cm³/mol. The molecule has 1 rings (SSSR count). The van der Waals surface area contributed by atoms with Gasteiger partial charge in [0.1, 0.15) is 0 Å². The molecule has 0 aliphatic rings. The summed E-state index contributed by atoms with van der Waals surface area (Å²) < 4.78 is 86.6. The summed E-state index contributed by atoms with van der Waals surface area (Å²) in [5.41, 5.74) is 0. The summed E-state index contributed by atoms with van der Waals surface area (Å²) in [6.07, 6.45) is -6.50. The van der Waals surface area contributed by atoms with Crippen LogP contribution in [-0.4, -0.2) is 23.8 Å². The van der Waals surface area contributed by atoms with Crippen molar-refractivity contribution in [3.63, 3.8) is 0 Å². The maximum absolute atomic E-state index is 13.0. The summed E-state index contributed by atoms with van der Waals surface area (Å²) in [6.45, 7) is 1.39. The van der Waals surface area contributed by atoms with Gasteiger partial charge < -0.3 is 0 Å². The van der Waals surface area contributed by atoms with Crippen LogP contribution in [-0.2, 0) is 0 Å². The van der Waals surface area contributed by atoms with E-state index in [0.717, 1.165) is 6.07 Å². The second kappa shape index (κ2) is 4.22. The van der Waals surface area contributed by atoms with Crippen LogP contribution in [0.1, 0.15) is 14.5 Å². The van der Waals surface area contributed by atoms with E-state index in [9.17, 15) is 35.5 Å². The van der Waals surface area contributed by atoms with Crippen LogP contribution in [0.5, 0.6) is 0 Å². The van der Waals surface area contributed by atoms with Gasteiger partial charge in [0.25, 0.3) is 0 Å². The lowest BCUT2D eigenvalue weighted by Gasteiger charge is -2.26. The van der Waals surface area contributed by atoms with Crippen molar-refractivity contribution in [2.45, 2.75) is 24.9 Å². The van der Waals surface area contributed by atoms with Gasteiger partial charge in [-0.1, -0.05) is 0 Å². The Morgan fingerprint density at radius 2 is 1.56 bits per heavy atom. The highest BCUT2D eigenvalue weighted by molar-refractivity contribution is 7.14. The molecule has 1 aromatic rings. The first-order valence-electron chi connectivity index (χ1n) is 4.35. The second-order valence-corrected chi connectivity index (χ2v) is 4.67. The number of thiophene rings is 1. The van der Waals surface area contributed by atoms with Crippen molar-refractivity contribution in [2.75, 3.05) is 0 Å². The Labute approximate surface area is 100 Å². The molecule has 0 aliphatic heterocycles. The average molecular weight is 294 g/mol. The Morgan fingerprint density at radius 3 is 1.89 bits per heavy atom. The fraction of sp³-hybridized carbons (Fsp3) is 0.444. The molecule has 18 heavy (non-hydrogen) atoms. The summed E-state index contributed by atoms with van der Waals surface area (Å²) in [5, 5.41) is 0. The number of alkyl halides is 7. The summed E-state index contributed by atoms with van der Waals surface area (Å²) in [5.74, 6) is -14.8. The van der Waals surface area contributed by atoms with E-state index in [2.05, 4.69) is 0 Å². The van der Waals surface area contributed by atoms with Crippen molar-refractivity contribution in [2.24, 2.45) is 0 Å². The molecule has 0 aromatic carbocycles. The number of carbonyl (C=O) groups is 1. The summed E-state index contributed by atoms with van der Waals surface area (Å²) in [7, 11) is 0. The number of aryl methyl sites for hydroxylation is 1. The topological polar surface area (TPSA) is 17.1 Å². The maximum atomic E-state index is 13.0. The molecule has 0 bridgehead atoms. The first-order valence-corrected chi connectivity index (χ1v) is 5.16. The first-order chi connectivity index (χ1) is 7.91. The van der Waals surface area contributed by atoms with Crippen molar-refractivity contribution in [1.29, 1.82) is 0 Å². The van der Waals surface area contributed by atoms with Crippen molar-refractivity contribution < 1.29 is 35.5 Å². The van der Waals surface area contributed by atoms with Crippen LogP contribution in [0.4, 0.5) is 30.7 Å². The first kappa shape index (κ1) is 14.9. The number of hydrogen-bond acceptors (Lipinski definition) is 2. The number of ketones is 1. The second-order valence-electron chi connectivity index (χ2n) is 3.39. The third-order valence-corrected chi connectivity index (χ3v) is 3.00. The molecule has 0 radical (unpaired) electrons. The van der Waals surface area contributed by atoms with Gasteiger partial charge in [-0.15, -0.1) is 11.3 Å². The van der Waals surface area contributed by atoms with Crippen LogP contribution in [0.2, 0.25) is 0 Å². The highest BCUT2D eigenvalue weighted by Gasteiger charge is 2.76. The van der Waals surface area contributed by atoms with Gasteiger partial charge in [-0.05, 0) is 19.1 Å². The van der Waals surface area contributed by atoms with Crippen LogP contribution in [0.15, 0.2) is 12.1 Å². The van der Waals surface area contributed by atoms with E-state index in [0.29, 0.717) is 16.2 Å². The third-order valence-electron chi connectivity index (χ3n) is 2.00. The zero-order chi connectivity index (χ0) is 14.4. The molecule has 0 saturated carbocycles. The lowest BCUT2D eigenvalue weighted by atomic mass is 10.1. The summed E-state index contributed by atoms with van der Waals surface area (Å²) >= 11 is 0.419. The molecule has 9 heteroatoms. The normalized spacial score (nSPS) is 13.8. The molecule has 1 heterocycles. The molecule has 0 spiro atoms. The largest absolute Gasteiger partial charge is 0.460 e. The van der Waals surface area contributed by atoms with Crippen molar-refractivity contribution in [1.82, 2.24) is 0 Å². The Kier molecular flexibility index (Phi) is 3.50. The molecule has 0 atom stereocenters. The number of hydrogen-bond donors (Lipinski definition) is 0. The van der Waals surface area contributed by atoms with E-state index < -0.39 is 28.7 Å². The molecule has 0 N–H and O–H groups in total. The monoisotopic (exact) mass is 294 g/mol. The van der Waals surface area contributed by atoms with E-state index in [4.69, 9.17) is 0 Å². The van der Waals surface area contributed by atoms with Gasteiger partial charge >= 0.3 is 18.0 Å². The molecule has 0 unspecified atom stereocenters. The van der Waals surface area contributed by atoms with Gasteiger partial charge in [0.05, 0.1) is 4.88 Å². The minimum absolute atomic E-state index is 0.337. The average Bonchev–Trinajstić information content (AvgIpc) is 2.61. The minimum atomic E-state index is -6.50. The van der Waals surface area contributed by atoms with Crippen LogP contribution in [0.25, 0.3) is 0 Å². The zero-order valence-corrected chi connectivity index (χ0v) is 9.43. The van der Waals surface area contributed by atoms with Crippen molar-refractivity contribution in [3.8, 4) is 0 Å². The van der Waals surface area contributed by atoms with E-state index in [1.54, 1.807) is 0 Å². The molecule has 1 aromatic heterocycles. The summed E-state index contributed by atoms with van der Waals surface area (Å²) in [6, 6.07) is 1.95. The van der Waals surface area contributed by atoms with Gasteiger partial charge in [0.2, 0.25) is 5.78 Å². The van der Waals surface area contributed by atoms with Gasteiger partial charge in [-0.3, -0.25) is 4.79 Å². The fourth-order valence-corrected chi connectivity index (χ4v) is 1.87. The highest BCUT2D eigenvalue weighted by Crippen LogP contribution is 2.48. The van der Waals surface area contributed by atoms with Gasteiger partial charge in [-0.25, -0.2) is 0 Å². The molecule has 0 fully saturated rings. The van der Waals surface area contributed by atoms with Gasteiger partial charge in [0.15, 0.2) is 0 Å². The molecular formula is C9H5F7OS. The standard InChI is InChI=1S/C9H5F7OS/c1-4-2-3-5(18-4)6(17)7(10,11)8(12,13)9(14,15)16/h2-3H,1H3. The highest BCUT2D eigenvalue weighted by atomic mass is 32.1. The van der Waals surface area contributed by atoms with E-state index in [1.165, 1.54) is 13.0 Å². The Morgan fingerprint density at radius 1 is 1.06 bits per heavy atom. The molecule has 1 nitrogen and oxygen atoms in total. The Hall–Kier alpha value is -1.12. The smallest absolute Gasteiger partial charge is 0.286 e. The fourth-order valence-electron chi connectivity index (χ4n) is 1.03. The van der Waals surface area contributed by atoms with Gasteiger partial charge in [-0.2, -0.15) is 30.7 Å². The zero-order valence-electron chi connectivity index (χ0n) is 8.62. The van der Waals surface area contributed by atoms with Crippen molar-refractivity contribution >= 4 is 17.1 Å². The number of rotatable bonds is 3. The van der Waals surface area contributed by atoms with E-state index in [-0.39, 0.29) is 0 Å². The third kappa shape index (κ3) is 2.23. The predicted octanol–water partition coefficient (Wildman–Crippen LogP) is 4.07. The Balaban J connectivity index is 3.18. The SMILES string of the molecule is Cc1ccc(C(=O)C(F)(F)C(F)(F)C(F)(F)F)s1. The quantitative estimate of drug-likeness (QED) is 0.606. The Bertz CT molecular complexity index is 460. The number of Topliss-reactive ketones (excluding diaryl/α,β-unsaturated/α-hetero) is 1. The summed E-state index contributed by atoms with van der Waals surface area (Å²) in [4.78, 5) is 10.5. The van der Waals surface area contributed by atoms with Crippen LogP contribution >= 0.6 is 11.3 Å². The molecule has 0 saturated heterocycles. The lowest BCUT2D eigenvalue weighted by Crippen LogP contribution is -2.56. The maximum Gasteiger partial charge on any atom is 0.460 e. The number of halogens is 7. The van der Waals surface area contributed by atoms with E-state index in [1.807, 2.05) is 0 Å². The molecular weight excluding hydrogens is 289 g/mol. The van der Waals surface area contributed by atoms with Crippen LogP contribution in [0.3, 0.4) is 0 Å². The molecule has 0 aliphatic carbocycles. The lowest BCUT2D eigenvalue weighted by molar-refractivity contribution is -0.339. The van der Waals surface area contributed by atoms with Crippen molar-refractivity contribution in [3.05, 3.63) is 21.9 Å². The number of carbonyl (C=O) groups excluding carboxylic acids is 1. The van der Waals surface area contributed by atoms with Gasteiger partial charge in [0, 0.05) is 4.88 Å². The molecule has 102 valence electrons. The molecule has 0 amide bonds.